The number of nitrogens with zero attached hydrogens (tertiary/aromatic N) is 2. The van der Waals surface area contributed by atoms with Crippen molar-refractivity contribution in [2.45, 2.75) is 139 Å². The van der Waals surface area contributed by atoms with Crippen molar-refractivity contribution < 1.29 is 33.6 Å². The summed E-state index contributed by atoms with van der Waals surface area (Å²) in [5.41, 5.74) is 14.9. The Kier molecular flexibility index (Phi) is 17.5. The molecule has 4 aliphatic rings. The van der Waals surface area contributed by atoms with Gasteiger partial charge in [0.25, 0.3) is 0 Å². The van der Waals surface area contributed by atoms with E-state index >= 15 is 0 Å². The first-order valence-corrected chi connectivity index (χ1v) is 23.3. The number of rotatable bonds is 13. The van der Waals surface area contributed by atoms with Crippen LogP contribution >= 0.6 is 0 Å². The van der Waals surface area contributed by atoms with E-state index < -0.39 is 77.6 Å². The highest BCUT2D eigenvalue weighted by Crippen LogP contribution is 2.31. The van der Waals surface area contributed by atoms with E-state index in [-0.39, 0.29) is 63.6 Å². The van der Waals surface area contributed by atoms with E-state index in [1.807, 2.05) is 60.7 Å². The van der Waals surface area contributed by atoms with E-state index in [4.69, 9.17) is 11.5 Å². The van der Waals surface area contributed by atoms with Crippen molar-refractivity contribution in [1.82, 2.24) is 36.8 Å². The van der Waals surface area contributed by atoms with Gasteiger partial charge in [-0.05, 0) is 79.5 Å². The van der Waals surface area contributed by atoms with Gasteiger partial charge in [0.2, 0.25) is 41.4 Å². The zero-order valence-electron chi connectivity index (χ0n) is 37.4. The maximum atomic E-state index is 14.6. The average molecular weight is 895 g/mol. The number of nitrogens with two attached hydrogens (primary N) is 2. The second-order valence-electron chi connectivity index (χ2n) is 17.8. The van der Waals surface area contributed by atoms with Crippen LogP contribution in [0.25, 0.3) is 5.57 Å². The minimum absolute atomic E-state index is 0.0779. The van der Waals surface area contributed by atoms with Crippen molar-refractivity contribution in [1.29, 1.82) is 0 Å². The molecule has 10 N–H and O–H groups in total. The van der Waals surface area contributed by atoms with E-state index in [1.54, 1.807) is 0 Å². The van der Waals surface area contributed by atoms with Gasteiger partial charge in [-0.25, -0.2) is 0 Å². The van der Waals surface area contributed by atoms with Crippen LogP contribution in [0.1, 0.15) is 107 Å². The normalized spacial score (nSPS) is 24.1. The molecule has 2 saturated heterocycles. The van der Waals surface area contributed by atoms with Crippen molar-refractivity contribution in [3.05, 3.63) is 77.4 Å². The summed E-state index contributed by atoms with van der Waals surface area (Å²) in [6.45, 7) is 1.85. The molecule has 2 aromatic carbocycles. The summed E-state index contributed by atoms with van der Waals surface area (Å²) in [6.07, 6.45) is 9.96. The number of amides is 7. The molecule has 0 radical (unpaired) electrons. The second kappa shape index (κ2) is 23.6. The van der Waals surface area contributed by atoms with Crippen molar-refractivity contribution in [2.75, 3.05) is 19.6 Å². The lowest BCUT2D eigenvalue weighted by Crippen LogP contribution is -2.60. The Balaban J connectivity index is 1.30. The van der Waals surface area contributed by atoms with Crippen LogP contribution in [0, 0.1) is 5.92 Å². The minimum atomic E-state index is -1.12. The molecule has 0 bridgehead atoms. The molecule has 1 saturated carbocycles. The summed E-state index contributed by atoms with van der Waals surface area (Å²) in [5, 5.41) is 17.4. The van der Waals surface area contributed by atoms with Crippen LogP contribution in [0.4, 0.5) is 0 Å². The predicted molar refractivity (Wildman–Crippen MR) is 246 cm³/mol. The van der Waals surface area contributed by atoms with Crippen LogP contribution in [-0.4, -0.2) is 108 Å². The molecule has 0 spiro atoms. The Hall–Kier alpha value is -6.26. The molecule has 2 aliphatic carbocycles. The zero-order chi connectivity index (χ0) is 46.3. The van der Waals surface area contributed by atoms with Crippen LogP contribution in [0.5, 0.6) is 0 Å². The number of nitrogens with one attached hydrogen (secondary N) is 6. The van der Waals surface area contributed by atoms with Gasteiger partial charge in [0.15, 0.2) is 5.96 Å². The predicted octanol–water partition coefficient (Wildman–Crippen LogP) is 1.63. The first-order valence-electron chi connectivity index (χ1n) is 23.3. The third kappa shape index (κ3) is 13.9. The summed E-state index contributed by atoms with van der Waals surface area (Å²) >= 11 is 0. The number of hydrogen-bond donors (Lipinski definition) is 8. The number of guanidine groups is 1. The number of carbonyl (C=O) groups is 7. The monoisotopic (exact) mass is 895 g/mol. The molecule has 6 rings (SSSR count). The van der Waals surface area contributed by atoms with E-state index in [1.165, 1.54) is 11.8 Å². The zero-order valence-corrected chi connectivity index (χ0v) is 37.4. The maximum Gasteiger partial charge on any atom is 0.245 e. The average Bonchev–Trinajstić information content (AvgIpc) is 3.95. The molecular weight excluding hydrogens is 829 g/mol. The number of aliphatic imine (C=N–C) groups is 1. The summed E-state index contributed by atoms with van der Waals surface area (Å²) in [7, 11) is 0. The third-order valence-corrected chi connectivity index (χ3v) is 12.9. The standard InChI is InChI=1S/C48H66N10O7/c1-30(59)53-38(27-31-13-4-2-5-14-31)43(61)55-37-20-11-24-51-42(60)36(19-10-25-52-48(49)50)54-45(63)40(29-34-23-22-33-17-8-9-18-35(33)34)56-44(62)39(28-32-15-6-3-7-16-32)57-46(64)41-21-12-26-58(41)47(37)65/h2,4-5,8-9,13-14,17-18,23,32,36-41H,3,6-7,10-12,15-16,19-22,24-29H2,1H3,(H,51,60)(H,53,59)(H,54,63)(H,55,61)(H,56,62)(H,57,64)(H4,49,50,52)/t36-,37-,38-,39+,40-,41-/m0/s1. The van der Waals surface area contributed by atoms with Crippen molar-refractivity contribution in [3.63, 3.8) is 0 Å². The minimum Gasteiger partial charge on any atom is -0.370 e. The first-order chi connectivity index (χ1) is 31.4. The Morgan fingerprint density at radius 3 is 2.26 bits per heavy atom. The molecule has 2 heterocycles. The Bertz CT molecular complexity index is 2080. The van der Waals surface area contributed by atoms with Gasteiger partial charge >= 0.3 is 0 Å². The molecular formula is C48H66N10O7. The van der Waals surface area contributed by atoms with Gasteiger partial charge < -0.3 is 48.3 Å². The van der Waals surface area contributed by atoms with Gasteiger partial charge in [-0.3, -0.25) is 38.6 Å². The Morgan fingerprint density at radius 2 is 1.51 bits per heavy atom. The van der Waals surface area contributed by atoms with Crippen LogP contribution < -0.4 is 43.4 Å². The topological polar surface area (TPSA) is 259 Å². The molecule has 350 valence electrons. The van der Waals surface area contributed by atoms with E-state index in [9.17, 15) is 33.6 Å². The Labute approximate surface area is 381 Å². The lowest BCUT2D eigenvalue weighted by Gasteiger charge is -2.32. The molecule has 17 heteroatoms. The lowest BCUT2D eigenvalue weighted by molar-refractivity contribution is -0.142. The van der Waals surface area contributed by atoms with Crippen LogP contribution in [-0.2, 0) is 46.4 Å². The molecule has 0 unspecified atom stereocenters. The van der Waals surface area contributed by atoms with Crippen LogP contribution in [0.3, 0.4) is 0 Å². The van der Waals surface area contributed by atoms with Crippen LogP contribution in [0.15, 0.2) is 65.7 Å². The smallest absolute Gasteiger partial charge is 0.245 e. The fourth-order valence-corrected chi connectivity index (χ4v) is 9.53. The molecule has 17 nitrogen and oxygen atoms in total. The number of hydrogen-bond acceptors (Lipinski definition) is 8. The number of allylic oxidation sites excluding steroid dienone is 1. The van der Waals surface area contributed by atoms with Gasteiger partial charge in [-0.1, -0.05) is 92.8 Å². The van der Waals surface area contributed by atoms with Gasteiger partial charge in [-0.2, -0.15) is 0 Å². The fraction of sp³-hybridized carbons (Fsp3) is 0.542. The van der Waals surface area contributed by atoms with Crippen molar-refractivity contribution in [2.24, 2.45) is 22.4 Å². The molecule has 2 aromatic rings. The lowest BCUT2D eigenvalue weighted by atomic mass is 9.84. The summed E-state index contributed by atoms with van der Waals surface area (Å²) < 4.78 is 0. The van der Waals surface area contributed by atoms with Crippen molar-refractivity contribution in [3.8, 4) is 0 Å². The highest BCUT2D eigenvalue weighted by molar-refractivity contribution is 5.98. The van der Waals surface area contributed by atoms with Gasteiger partial charge in [0, 0.05) is 39.4 Å². The molecule has 2 aliphatic heterocycles. The second-order valence-corrected chi connectivity index (χ2v) is 17.8. The molecule has 65 heavy (non-hydrogen) atoms. The maximum absolute atomic E-state index is 14.6. The number of benzene rings is 2. The number of fused-ring (bicyclic) bond motifs is 2. The van der Waals surface area contributed by atoms with Gasteiger partial charge in [-0.15, -0.1) is 0 Å². The highest BCUT2D eigenvalue weighted by atomic mass is 16.2. The summed E-state index contributed by atoms with van der Waals surface area (Å²) in [6, 6.07) is 10.9. The van der Waals surface area contributed by atoms with Gasteiger partial charge in [0.1, 0.15) is 36.3 Å². The van der Waals surface area contributed by atoms with E-state index in [0.717, 1.165) is 54.4 Å². The van der Waals surface area contributed by atoms with Crippen molar-refractivity contribution >= 4 is 52.9 Å². The Morgan fingerprint density at radius 1 is 0.800 bits per heavy atom. The molecule has 0 aromatic heterocycles. The molecule has 7 amide bonds. The van der Waals surface area contributed by atoms with E-state index in [2.05, 4.69) is 36.9 Å². The first kappa shape index (κ1) is 48.2. The van der Waals surface area contributed by atoms with E-state index in [0.29, 0.717) is 32.1 Å². The van der Waals surface area contributed by atoms with Gasteiger partial charge in [0.05, 0.1) is 0 Å². The quantitative estimate of drug-likeness (QED) is 0.0825. The number of carbonyl (C=O) groups excluding carboxylic acids is 7. The fourth-order valence-electron chi connectivity index (χ4n) is 9.53. The summed E-state index contributed by atoms with van der Waals surface area (Å²) in [4.78, 5) is 104. The van der Waals surface area contributed by atoms with Crippen LogP contribution in [0.2, 0.25) is 0 Å². The summed E-state index contributed by atoms with van der Waals surface area (Å²) in [5.74, 6) is -3.49. The molecule has 3 fully saturated rings. The third-order valence-electron chi connectivity index (χ3n) is 12.9. The largest absolute Gasteiger partial charge is 0.370 e. The SMILES string of the molecule is CC(=O)N[C@@H](Cc1ccccc1)C(=O)N[C@H]1CCCNC(=O)[C@H](CCCN=C(N)N)NC(=O)[C@H](CC2=CCc3ccccc32)NC(=O)[C@@H](CC2CCCCC2)NC(=O)[C@@H]2CCCN2C1=O. The molecule has 6 atom stereocenters. The highest BCUT2D eigenvalue weighted by Gasteiger charge is 2.41.